The molecule has 11 heteroatoms. The standard InChI is InChI=1S/C16H14N8O3/c17-8-11-14(12-2-1-7-27-12)22-16(18)23-15(11)20-6-5-19-13-4-3-10(9-21-13)24(25)26/h1-4,7,9H,5-6H2,(H,19,21)(H3,18,20,22,23). The van der Waals surface area contributed by atoms with Crippen molar-refractivity contribution in [3.05, 3.63) is 52.4 Å². The predicted octanol–water partition coefficient (Wildman–Crippen LogP) is 2.02. The number of aromatic nitrogens is 3. The van der Waals surface area contributed by atoms with Crippen LogP contribution in [-0.2, 0) is 0 Å². The summed E-state index contributed by atoms with van der Waals surface area (Å²) in [5, 5.41) is 26.1. The quantitative estimate of drug-likeness (QED) is 0.319. The number of furan rings is 1. The maximum atomic E-state index is 10.6. The van der Waals surface area contributed by atoms with Gasteiger partial charge < -0.3 is 20.8 Å². The van der Waals surface area contributed by atoms with E-state index in [0.717, 1.165) is 0 Å². The molecule has 11 nitrogen and oxygen atoms in total. The minimum atomic E-state index is -0.516. The lowest BCUT2D eigenvalue weighted by molar-refractivity contribution is -0.385. The Hall–Kier alpha value is -4.20. The summed E-state index contributed by atoms with van der Waals surface area (Å²) < 4.78 is 5.29. The van der Waals surface area contributed by atoms with Crippen LogP contribution in [0.5, 0.6) is 0 Å². The molecular formula is C16H14N8O3. The van der Waals surface area contributed by atoms with Crippen molar-refractivity contribution in [3.63, 3.8) is 0 Å². The van der Waals surface area contributed by atoms with Gasteiger partial charge >= 0.3 is 0 Å². The Balaban J connectivity index is 1.66. The van der Waals surface area contributed by atoms with Gasteiger partial charge in [-0.2, -0.15) is 10.2 Å². The predicted molar refractivity (Wildman–Crippen MR) is 96.7 cm³/mol. The molecule has 0 aliphatic carbocycles. The van der Waals surface area contributed by atoms with Gasteiger partial charge in [-0.3, -0.25) is 10.1 Å². The van der Waals surface area contributed by atoms with Crippen LogP contribution in [0.15, 0.2) is 41.1 Å². The van der Waals surface area contributed by atoms with Crippen molar-refractivity contribution in [1.29, 1.82) is 5.26 Å². The van der Waals surface area contributed by atoms with Gasteiger partial charge in [0, 0.05) is 19.2 Å². The number of nitrogens with one attached hydrogen (secondary N) is 2. The monoisotopic (exact) mass is 366 g/mol. The highest BCUT2D eigenvalue weighted by Crippen LogP contribution is 2.26. The van der Waals surface area contributed by atoms with E-state index < -0.39 is 4.92 Å². The Labute approximate surface area is 153 Å². The molecule has 136 valence electrons. The Kier molecular flexibility index (Phi) is 5.08. The molecule has 0 spiro atoms. The fourth-order valence-corrected chi connectivity index (χ4v) is 2.27. The van der Waals surface area contributed by atoms with Gasteiger partial charge in [0.15, 0.2) is 5.76 Å². The van der Waals surface area contributed by atoms with Crippen molar-refractivity contribution >= 4 is 23.3 Å². The number of nitrogens with two attached hydrogens (primary N) is 1. The number of nitro groups is 1. The van der Waals surface area contributed by atoms with Gasteiger partial charge in [-0.05, 0) is 18.2 Å². The number of nitrogens with zero attached hydrogens (tertiary/aromatic N) is 5. The number of hydrogen-bond donors (Lipinski definition) is 3. The fourth-order valence-electron chi connectivity index (χ4n) is 2.27. The summed E-state index contributed by atoms with van der Waals surface area (Å²) in [7, 11) is 0. The average Bonchev–Trinajstić information content (AvgIpc) is 3.20. The molecule has 0 fully saturated rings. The third kappa shape index (κ3) is 4.07. The normalized spacial score (nSPS) is 10.2. The van der Waals surface area contributed by atoms with Gasteiger partial charge in [0.25, 0.3) is 5.69 Å². The molecular weight excluding hydrogens is 352 g/mol. The largest absolute Gasteiger partial charge is 0.463 e. The van der Waals surface area contributed by atoms with Gasteiger partial charge in [0.05, 0.1) is 11.2 Å². The smallest absolute Gasteiger partial charge is 0.287 e. The average molecular weight is 366 g/mol. The molecule has 0 radical (unpaired) electrons. The number of nitrogen functional groups attached to an aromatic ring is 1. The van der Waals surface area contributed by atoms with Crippen LogP contribution in [0.4, 0.5) is 23.3 Å². The van der Waals surface area contributed by atoms with Crippen molar-refractivity contribution in [2.45, 2.75) is 0 Å². The van der Waals surface area contributed by atoms with Gasteiger partial charge in [-0.15, -0.1) is 0 Å². The van der Waals surface area contributed by atoms with E-state index in [1.54, 1.807) is 12.1 Å². The molecule has 27 heavy (non-hydrogen) atoms. The van der Waals surface area contributed by atoms with Crippen LogP contribution in [0.2, 0.25) is 0 Å². The van der Waals surface area contributed by atoms with Crippen LogP contribution < -0.4 is 16.4 Å². The number of pyridine rings is 1. The second-order valence-electron chi connectivity index (χ2n) is 5.26. The molecule has 3 heterocycles. The first-order chi connectivity index (χ1) is 13.1. The maximum Gasteiger partial charge on any atom is 0.287 e. The van der Waals surface area contributed by atoms with Crippen molar-refractivity contribution in [1.82, 2.24) is 15.0 Å². The molecule has 0 aromatic carbocycles. The lowest BCUT2D eigenvalue weighted by Gasteiger charge is -2.11. The number of anilines is 3. The summed E-state index contributed by atoms with van der Waals surface area (Å²) in [5.74, 6) is 1.20. The first kappa shape index (κ1) is 17.6. The van der Waals surface area contributed by atoms with E-state index in [-0.39, 0.29) is 23.0 Å². The minimum Gasteiger partial charge on any atom is -0.463 e. The summed E-state index contributed by atoms with van der Waals surface area (Å²) in [6, 6.07) is 8.28. The topological polar surface area (TPSA) is 169 Å². The van der Waals surface area contributed by atoms with E-state index in [0.29, 0.717) is 30.4 Å². The Morgan fingerprint density at radius 3 is 2.70 bits per heavy atom. The fraction of sp³-hybridized carbons (Fsp3) is 0.125. The maximum absolute atomic E-state index is 10.6. The Bertz CT molecular complexity index is 980. The van der Waals surface area contributed by atoms with Gasteiger partial charge in [-0.1, -0.05) is 0 Å². The van der Waals surface area contributed by atoms with Crippen molar-refractivity contribution in [2.75, 3.05) is 29.5 Å². The zero-order chi connectivity index (χ0) is 19.2. The molecule has 3 rings (SSSR count). The molecule has 0 aliphatic rings. The molecule has 0 saturated carbocycles. The van der Waals surface area contributed by atoms with Crippen molar-refractivity contribution in [2.24, 2.45) is 0 Å². The van der Waals surface area contributed by atoms with Crippen LogP contribution in [0, 0.1) is 21.4 Å². The van der Waals surface area contributed by atoms with Crippen LogP contribution in [-0.4, -0.2) is 33.0 Å². The summed E-state index contributed by atoms with van der Waals surface area (Å²) in [6.07, 6.45) is 2.65. The van der Waals surface area contributed by atoms with Gasteiger partial charge in [0.1, 0.15) is 35.2 Å². The summed E-state index contributed by atoms with van der Waals surface area (Å²) >= 11 is 0. The Morgan fingerprint density at radius 1 is 1.26 bits per heavy atom. The minimum absolute atomic E-state index is 0.00731. The number of hydrogen-bond acceptors (Lipinski definition) is 10. The molecule has 3 aromatic heterocycles. The van der Waals surface area contributed by atoms with Crippen LogP contribution in [0.25, 0.3) is 11.5 Å². The second-order valence-corrected chi connectivity index (χ2v) is 5.26. The zero-order valence-electron chi connectivity index (χ0n) is 13.9. The molecule has 0 unspecified atom stereocenters. The van der Waals surface area contributed by atoms with Crippen LogP contribution in [0.1, 0.15) is 5.56 Å². The highest BCUT2D eigenvalue weighted by molar-refractivity contribution is 5.71. The molecule has 0 bridgehead atoms. The van der Waals surface area contributed by atoms with E-state index in [4.69, 9.17) is 10.2 Å². The molecule has 4 N–H and O–H groups in total. The third-order valence-corrected chi connectivity index (χ3v) is 3.47. The Morgan fingerprint density at radius 2 is 2.07 bits per heavy atom. The van der Waals surface area contributed by atoms with Crippen molar-refractivity contribution in [3.8, 4) is 17.5 Å². The summed E-state index contributed by atoms with van der Waals surface area (Å²) in [4.78, 5) is 22.2. The third-order valence-electron chi connectivity index (χ3n) is 3.47. The highest BCUT2D eigenvalue weighted by Gasteiger charge is 2.16. The highest BCUT2D eigenvalue weighted by atomic mass is 16.6. The van der Waals surface area contributed by atoms with Crippen molar-refractivity contribution < 1.29 is 9.34 Å². The van der Waals surface area contributed by atoms with Crippen LogP contribution in [0.3, 0.4) is 0 Å². The first-order valence-corrected chi connectivity index (χ1v) is 7.78. The summed E-state index contributed by atoms with van der Waals surface area (Å²) in [5.41, 5.74) is 6.17. The lowest BCUT2D eigenvalue weighted by Crippen LogP contribution is -2.16. The summed E-state index contributed by atoms with van der Waals surface area (Å²) in [6.45, 7) is 0.817. The van der Waals surface area contributed by atoms with E-state index in [9.17, 15) is 15.4 Å². The van der Waals surface area contributed by atoms with E-state index in [1.807, 2.05) is 0 Å². The van der Waals surface area contributed by atoms with E-state index >= 15 is 0 Å². The molecule has 0 saturated heterocycles. The lowest BCUT2D eigenvalue weighted by atomic mass is 10.2. The zero-order valence-corrected chi connectivity index (χ0v) is 13.9. The second kappa shape index (κ2) is 7.79. The van der Waals surface area contributed by atoms with E-state index in [2.05, 4.69) is 31.7 Å². The van der Waals surface area contributed by atoms with Crippen LogP contribution >= 0.6 is 0 Å². The molecule has 0 aliphatic heterocycles. The van der Waals surface area contributed by atoms with Gasteiger partial charge in [-0.25, -0.2) is 9.97 Å². The van der Waals surface area contributed by atoms with E-state index in [1.165, 1.54) is 24.6 Å². The molecule has 0 atom stereocenters. The first-order valence-electron chi connectivity index (χ1n) is 7.78. The SMILES string of the molecule is N#Cc1c(NCCNc2ccc([N+](=O)[O-])cn2)nc(N)nc1-c1ccco1. The molecule has 3 aromatic rings. The number of nitriles is 1. The number of rotatable bonds is 7. The van der Waals surface area contributed by atoms with Gasteiger partial charge in [0.2, 0.25) is 5.95 Å². The molecule has 0 amide bonds.